The molecule has 250 valence electrons. The van der Waals surface area contributed by atoms with Gasteiger partial charge in [-0.3, -0.25) is 4.57 Å². The third-order valence-corrected chi connectivity index (χ3v) is 13.2. The number of aromatic nitrogens is 3. The number of nitrogens with zero attached hydrogens (tertiary/aromatic N) is 3. The Bertz CT molecular complexity index is 3440. The lowest BCUT2D eigenvalue weighted by atomic mass is 9.76. The normalized spacial score (nSPS) is 14.4. The summed E-state index contributed by atoms with van der Waals surface area (Å²) in [6.45, 7) is 0. The van der Waals surface area contributed by atoms with E-state index in [1.807, 2.05) is 0 Å². The van der Waals surface area contributed by atoms with Gasteiger partial charge in [0.15, 0.2) is 0 Å². The minimum absolute atomic E-state index is 0.265. The first-order valence-electron chi connectivity index (χ1n) is 18.7. The van der Waals surface area contributed by atoms with Crippen LogP contribution in [0.3, 0.4) is 0 Å². The van der Waals surface area contributed by atoms with Crippen molar-refractivity contribution in [2.45, 2.75) is 12.3 Å². The van der Waals surface area contributed by atoms with Crippen LogP contribution in [0, 0.1) is 0 Å². The Balaban J connectivity index is 1.19. The average molecular weight is 704 g/mol. The molecule has 0 fully saturated rings. The molecule has 3 nitrogen and oxygen atoms in total. The van der Waals surface area contributed by atoms with Crippen LogP contribution in [0.2, 0.25) is 0 Å². The fourth-order valence-electron chi connectivity index (χ4n) is 9.88. The molecule has 0 radical (unpaired) electrons. The monoisotopic (exact) mass is 703 g/mol. The highest BCUT2D eigenvalue weighted by molar-refractivity contribution is 7.25. The van der Waals surface area contributed by atoms with Crippen LogP contribution in [-0.2, 0) is 6.42 Å². The quantitative estimate of drug-likeness (QED) is 0.179. The van der Waals surface area contributed by atoms with Crippen LogP contribution in [-0.4, -0.2) is 14.5 Å². The molecule has 54 heavy (non-hydrogen) atoms. The number of para-hydroxylation sites is 1. The summed E-state index contributed by atoms with van der Waals surface area (Å²) in [5, 5.41) is 9.85. The maximum absolute atomic E-state index is 5.64. The largest absolute Gasteiger partial charge is 0.277 e. The van der Waals surface area contributed by atoms with Crippen LogP contribution in [0.15, 0.2) is 158 Å². The minimum atomic E-state index is 0.265. The molecule has 0 unspecified atom stereocenters. The van der Waals surface area contributed by atoms with Crippen LogP contribution in [0.5, 0.6) is 0 Å². The fraction of sp³-hybridized carbons (Fsp3) is 0.0400. The van der Waals surface area contributed by atoms with E-state index in [2.05, 4.69) is 162 Å². The lowest BCUT2D eigenvalue weighted by molar-refractivity contribution is 0.822. The third kappa shape index (κ3) is 3.75. The van der Waals surface area contributed by atoms with Crippen molar-refractivity contribution < 1.29 is 0 Å². The first-order valence-corrected chi connectivity index (χ1v) is 19.5. The van der Waals surface area contributed by atoms with Crippen molar-refractivity contribution in [1.82, 2.24) is 14.5 Å². The van der Waals surface area contributed by atoms with Crippen molar-refractivity contribution in [2.75, 3.05) is 0 Å². The summed E-state index contributed by atoms with van der Waals surface area (Å²) in [7, 11) is 0. The number of rotatable bonds is 2. The summed E-state index contributed by atoms with van der Waals surface area (Å²) in [4.78, 5) is 12.2. The highest BCUT2D eigenvalue weighted by Crippen LogP contribution is 2.58. The van der Waals surface area contributed by atoms with Crippen molar-refractivity contribution in [3.8, 4) is 39.5 Å². The highest BCUT2D eigenvalue weighted by Gasteiger charge is 2.39. The van der Waals surface area contributed by atoms with Gasteiger partial charge < -0.3 is 0 Å². The molecule has 4 heteroatoms. The molecule has 0 amide bonds. The Morgan fingerprint density at radius 2 is 1.28 bits per heavy atom. The maximum atomic E-state index is 5.64. The van der Waals surface area contributed by atoms with Crippen molar-refractivity contribution in [2.24, 2.45) is 0 Å². The zero-order valence-electron chi connectivity index (χ0n) is 29.0. The lowest BCUT2D eigenvalue weighted by Gasteiger charge is -2.27. The van der Waals surface area contributed by atoms with Gasteiger partial charge in [0.25, 0.3) is 0 Å². The van der Waals surface area contributed by atoms with Gasteiger partial charge in [-0.1, -0.05) is 133 Å². The van der Waals surface area contributed by atoms with E-state index in [9.17, 15) is 0 Å². The molecule has 3 heterocycles. The third-order valence-electron chi connectivity index (χ3n) is 12.1. The van der Waals surface area contributed by atoms with Gasteiger partial charge in [-0.2, -0.15) is 0 Å². The predicted molar refractivity (Wildman–Crippen MR) is 226 cm³/mol. The van der Waals surface area contributed by atoms with E-state index in [-0.39, 0.29) is 5.92 Å². The molecule has 2 aliphatic rings. The lowest BCUT2D eigenvalue weighted by Crippen LogP contribution is -2.12. The summed E-state index contributed by atoms with van der Waals surface area (Å²) in [5.41, 5.74) is 14.0. The van der Waals surface area contributed by atoms with Gasteiger partial charge in [-0.05, 0) is 85.6 Å². The van der Waals surface area contributed by atoms with E-state index in [1.54, 1.807) is 11.3 Å². The van der Waals surface area contributed by atoms with Gasteiger partial charge in [0.05, 0.1) is 16.7 Å². The summed E-state index contributed by atoms with van der Waals surface area (Å²) in [6, 6.07) is 58.0. The molecule has 3 aromatic heterocycles. The fourth-order valence-corrected chi connectivity index (χ4v) is 11.0. The van der Waals surface area contributed by atoms with Gasteiger partial charge in [-0.15, -0.1) is 11.3 Å². The predicted octanol–water partition coefficient (Wildman–Crippen LogP) is 13.3. The maximum Gasteiger partial charge on any atom is 0.236 e. The van der Waals surface area contributed by atoms with Crippen molar-refractivity contribution in [3.63, 3.8) is 0 Å². The van der Waals surface area contributed by atoms with Gasteiger partial charge >= 0.3 is 0 Å². The highest BCUT2D eigenvalue weighted by atomic mass is 32.1. The molecule has 1 atom stereocenters. The van der Waals surface area contributed by atoms with Crippen LogP contribution < -0.4 is 0 Å². The van der Waals surface area contributed by atoms with E-state index in [4.69, 9.17) is 9.97 Å². The Hall–Kier alpha value is -6.62. The molecular formula is C50H29N3S. The number of hydrogen-bond donors (Lipinski definition) is 0. The number of fused-ring (bicyclic) bond motifs is 15. The molecule has 0 N–H and O–H groups in total. The topological polar surface area (TPSA) is 30.7 Å². The van der Waals surface area contributed by atoms with E-state index in [0.29, 0.717) is 5.95 Å². The Morgan fingerprint density at radius 3 is 2.20 bits per heavy atom. The summed E-state index contributed by atoms with van der Waals surface area (Å²) >= 11 is 1.75. The molecule has 2 aliphatic carbocycles. The average Bonchev–Trinajstić information content (AvgIpc) is 3.88. The standard InChI is InChI=1S/C50H29N3S/c1-2-13-30-25-32(22-21-28(30)11-1)47-46-37-18-8-10-20-42(37)54-49(46)52-50(51-47)53-41-19-9-7-17-35(41)39-27-38-36-24-23-29-12-3-5-15-33(29)43(36)40-26-31-14-4-6-16-34(31)45(44(38)40)48(39)53/h1-25,27,40H,26H2/t40-/m0/s1. The summed E-state index contributed by atoms with van der Waals surface area (Å²) in [5.74, 6) is 0.973. The Kier molecular flexibility index (Phi) is 5.62. The number of thiophene rings is 1. The van der Waals surface area contributed by atoms with Gasteiger partial charge in [-0.25, -0.2) is 9.97 Å². The van der Waals surface area contributed by atoms with Crippen molar-refractivity contribution in [3.05, 3.63) is 174 Å². The Morgan fingerprint density at radius 1 is 0.537 bits per heavy atom. The Labute approximate surface area is 314 Å². The first-order chi connectivity index (χ1) is 26.8. The second-order valence-electron chi connectivity index (χ2n) is 14.8. The van der Waals surface area contributed by atoms with Crippen molar-refractivity contribution >= 4 is 75.0 Å². The molecule has 8 aromatic carbocycles. The van der Waals surface area contributed by atoms with Gasteiger partial charge in [0.1, 0.15) is 4.83 Å². The molecule has 0 saturated heterocycles. The molecule has 13 rings (SSSR count). The van der Waals surface area contributed by atoms with Crippen LogP contribution in [0.4, 0.5) is 0 Å². The number of hydrogen-bond acceptors (Lipinski definition) is 3. The van der Waals surface area contributed by atoms with Crippen LogP contribution in [0.25, 0.3) is 103 Å². The molecule has 0 aliphatic heterocycles. The van der Waals surface area contributed by atoms with Gasteiger partial charge in [0.2, 0.25) is 5.95 Å². The molecular weight excluding hydrogens is 675 g/mol. The van der Waals surface area contributed by atoms with Crippen LogP contribution >= 0.6 is 11.3 Å². The van der Waals surface area contributed by atoms with Crippen LogP contribution in [0.1, 0.15) is 22.6 Å². The SMILES string of the molecule is c1ccc2c(c1)C[C@@H]1c3c(cc4c5ccccc5n(-c5nc(-c6ccc7ccccc7c6)c6c(n5)sc5ccccc56)c4c3-2)-c2ccc3ccccc3c21. The second-order valence-corrected chi connectivity index (χ2v) is 15.9. The van der Waals surface area contributed by atoms with Crippen molar-refractivity contribution in [1.29, 1.82) is 0 Å². The van der Waals surface area contributed by atoms with E-state index in [1.165, 1.54) is 86.9 Å². The summed E-state index contributed by atoms with van der Waals surface area (Å²) < 4.78 is 3.60. The van der Waals surface area contributed by atoms with Gasteiger partial charge in [0, 0.05) is 43.3 Å². The molecule has 0 spiro atoms. The zero-order chi connectivity index (χ0) is 35.1. The zero-order valence-corrected chi connectivity index (χ0v) is 29.9. The molecule has 11 aromatic rings. The second kappa shape index (κ2) is 10.5. The first kappa shape index (κ1) is 28.9. The summed E-state index contributed by atoms with van der Waals surface area (Å²) in [6.07, 6.45) is 0.985. The van der Waals surface area contributed by atoms with E-state index < -0.39 is 0 Å². The smallest absolute Gasteiger partial charge is 0.236 e. The van der Waals surface area contributed by atoms with E-state index in [0.717, 1.165) is 33.4 Å². The van der Waals surface area contributed by atoms with E-state index >= 15 is 0 Å². The molecule has 0 saturated carbocycles. The number of benzene rings is 8. The molecule has 0 bridgehead atoms. The minimum Gasteiger partial charge on any atom is -0.277 e.